The number of aromatic nitrogens is 2. The lowest BCUT2D eigenvalue weighted by Gasteiger charge is -2.18. The second-order valence-corrected chi connectivity index (χ2v) is 8.84. The molecule has 0 spiro atoms. The molecule has 2 aromatic carbocycles. The Hall–Kier alpha value is -3.92. The van der Waals surface area contributed by atoms with E-state index in [4.69, 9.17) is 0 Å². The van der Waals surface area contributed by atoms with Crippen LogP contribution in [0.5, 0.6) is 0 Å². The van der Waals surface area contributed by atoms with E-state index >= 15 is 0 Å². The third kappa shape index (κ3) is 5.12. The van der Waals surface area contributed by atoms with Crippen molar-refractivity contribution in [3.63, 3.8) is 0 Å². The first-order valence-electron chi connectivity index (χ1n) is 10.8. The Morgan fingerprint density at radius 3 is 2.54 bits per heavy atom. The highest BCUT2D eigenvalue weighted by atomic mass is 32.1. The standard InChI is InChI=1S/C25H22F2N4O3S/c1-14-3-5-15(6-4-14)17-12-35-24-21(17)25(34)31(13-29-24)10-9-20(32)30-22(23(33)28-2)16-7-8-18(26)19(27)11-16/h3-8,11-13,22H,9-10H2,1-2H3,(H,28,33)(H,30,32). The molecule has 4 rings (SSSR count). The first kappa shape index (κ1) is 24.2. The SMILES string of the molecule is CNC(=O)C(NC(=O)CCn1cnc2scc(-c3ccc(C)cc3)c2c1=O)c1ccc(F)c(F)c1. The van der Waals surface area contributed by atoms with Gasteiger partial charge in [0.1, 0.15) is 10.9 Å². The number of fused-ring (bicyclic) bond motifs is 1. The maximum atomic E-state index is 13.7. The van der Waals surface area contributed by atoms with Gasteiger partial charge in [-0.2, -0.15) is 0 Å². The zero-order valence-electron chi connectivity index (χ0n) is 19.0. The molecule has 1 atom stereocenters. The number of carbonyl (C=O) groups is 2. The van der Waals surface area contributed by atoms with Crippen LogP contribution in [-0.4, -0.2) is 28.4 Å². The zero-order chi connectivity index (χ0) is 25.1. The van der Waals surface area contributed by atoms with E-state index in [1.165, 1.54) is 35.3 Å². The number of aryl methyl sites for hydroxylation is 2. The third-order valence-corrected chi connectivity index (χ3v) is 6.48. The fraction of sp³-hybridized carbons (Fsp3) is 0.200. The van der Waals surface area contributed by atoms with E-state index in [9.17, 15) is 23.2 Å². The molecule has 0 radical (unpaired) electrons. The summed E-state index contributed by atoms with van der Waals surface area (Å²) in [5.41, 5.74) is 2.60. The lowest BCUT2D eigenvalue weighted by Crippen LogP contribution is -2.39. The summed E-state index contributed by atoms with van der Waals surface area (Å²) in [6.45, 7) is 2.01. The Morgan fingerprint density at radius 2 is 1.86 bits per heavy atom. The largest absolute Gasteiger partial charge is 0.357 e. The lowest BCUT2D eigenvalue weighted by molar-refractivity contribution is -0.129. The van der Waals surface area contributed by atoms with Crippen LogP contribution in [0.15, 0.2) is 59.0 Å². The highest BCUT2D eigenvalue weighted by Gasteiger charge is 2.23. The summed E-state index contributed by atoms with van der Waals surface area (Å²) in [7, 11) is 1.37. The molecule has 0 saturated heterocycles. The number of nitrogens with one attached hydrogen (secondary N) is 2. The number of likely N-dealkylation sites (N-methyl/N-ethyl adjacent to an activating group) is 1. The third-order valence-electron chi connectivity index (χ3n) is 5.59. The molecule has 1 unspecified atom stereocenters. The van der Waals surface area contributed by atoms with Crippen LogP contribution >= 0.6 is 11.3 Å². The molecule has 2 heterocycles. The second-order valence-electron chi connectivity index (χ2n) is 7.98. The quantitative estimate of drug-likeness (QED) is 0.408. The van der Waals surface area contributed by atoms with Crippen LogP contribution in [-0.2, 0) is 16.1 Å². The van der Waals surface area contributed by atoms with Crippen LogP contribution in [0.3, 0.4) is 0 Å². The highest BCUT2D eigenvalue weighted by molar-refractivity contribution is 7.17. The summed E-state index contributed by atoms with van der Waals surface area (Å²) in [5, 5.41) is 7.28. The average molecular weight is 497 g/mol. The summed E-state index contributed by atoms with van der Waals surface area (Å²) in [6.07, 6.45) is 1.26. The van der Waals surface area contributed by atoms with Crippen molar-refractivity contribution in [3.8, 4) is 11.1 Å². The Bertz CT molecular complexity index is 1460. The van der Waals surface area contributed by atoms with E-state index in [-0.39, 0.29) is 24.1 Å². The lowest BCUT2D eigenvalue weighted by atomic mass is 10.0. The fourth-order valence-corrected chi connectivity index (χ4v) is 4.57. The minimum Gasteiger partial charge on any atom is -0.357 e. The van der Waals surface area contributed by atoms with Gasteiger partial charge in [-0.1, -0.05) is 35.9 Å². The van der Waals surface area contributed by atoms with E-state index in [1.54, 1.807) is 0 Å². The Labute approximate surface area is 203 Å². The number of carbonyl (C=O) groups excluding carboxylic acids is 2. The monoisotopic (exact) mass is 496 g/mol. The topological polar surface area (TPSA) is 93.1 Å². The fourth-order valence-electron chi connectivity index (χ4n) is 3.66. The molecule has 4 aromatic rings. The molecule has 0 saturated carbocycles. The van der Waals surface area contributed by atoms with E-state index in [0.29, 0.717) is 10.2 Å². The molecule has 0 aliphatic rings. The van der Waals surface area contributed by atoms with Crippen molar-refractivity contribution in [3.05, 3.63) is 87.3 Å². The molecule has 35 heavy (non-hydrogen) atoms. The van der Waals surface area contributed by atoms with Crippen molar-refractivity contribution in [2.45, 2.75) is 25.9 Å². The Balaban J connectivity index is 1.53. The molecule has 10 heteroatoms. The van der Waals surface area contributed by atoms with Crippen LogP contribution in [0.2, 0.25) is 0 Å². The van der Waals surface area contributed by atoms with Gasteiger partial charge in [0.2, 0.25) is 11.8 Å². The van der Waals surface area contributed by atoms with E-state index in [0.717, 1.165) is 28.8 Å². The molecule has 2 N–H and O–H groups in total. The molecule has 2 aromatic heterocycles. The van der Waals surface area contributed by atoms with Crippen LogP contribution in [0.1, 0.15) is 23.6 Å². The van der Waals surface area contributed by atoms with Gasteiger partial charge in [0.05, 0.1) is 11.7 Å². The van der Waals surface area contributed by atoms with Crippen LogP contribution in [0.4, 0.5) is 8.78 Å². The second kappa shape index (κ2) is 10.1. The number of halogens is 2. The molecule has 0 fully saturated rings. The molecular formula is C25H22F2N4O3S. The van der Waals surface area contributed by atoms with Gasteiger partial charge in [-0.25, -0.2) is 13.8 Å². The van der Waals surface area contributed by atoms with Crippen molar-refractivity contribution >= 4 is 33.4 Å². The predicted molar refractivity (Wildman–Crippen MR) is 130 cm³/mol. The van der Waals surface area contributed by atoms with Gasteiger partial charge < -0.3 is 10.6 Å². The minimum absolute atomic E-state index is 0.0229. The molecule has 0 aliphatic carbocycles. The summed E-state index contributed by atoms with van der Waals surface area (Å²) in [6, 6.07) is 9.58. The molecule has 0 aliphatic heterocycles. The molecule has 2 amide bonds. The van der Waals surface area contributed by atoms with Gasteiger partial charge in [0, 0.05) is 31.0 Å². The van der Waals surface area contributed by atoms with Gasteiger partial charge >= 0.3 is 0 Å². The summed E-state index contributed by atoms with van der Waals surface area (Å²) < 4.78 is 28.3. The number of nitrogens with zero attached hydrogens (tertiary/aromatic N) is 2. The van der Waals surface area contributed by atoms with E-state index in [1.807, 2.05) is 36.6 Å². The Kier molecular flexibility index (Phi) is 7.02. The zero-order valence-corrected chi connectivity index (χ0v) is 19.8. The molecule has 0 bridgehead atoms. The number of amides is 2. The van der Waals surface area contributed by atoms with Gasteiger partial charge in [0.15, 0.2) is 11.6 Å². The summed E-state index contributed by atoms with van der Waals surface area (Å²) in [5.74, 6) is -3.32. The summed E-state index contributed by atoms with van der Waals surface area (Å²) in [4.78, 5) is 43.1. The molecular weight excluding hydrogens is 474 g/mol. The maximum absolute atomic E-state index is 13.7. The number of benzene rings is 2. The van der Waals surface area contributed by atoms with Crippen LogP contribution in [0.25, 0.3) is 21.3 Å². The molecule has 180 valence electrons. The van der Waals surface area contributed by atoms with Crippen molar-refractivity contribution in [1.29, 1.82) is 0 Å². The average Bonchev–Trinajstić information content (AvgIpc) is 3.29. The summed E-state index contributed by atoms with van der Waals surface area (Å²) >= 11 is 1.37. The van der Waals surface area contributed by atoms with Crippen molar-refractivity contribution in [1.82, 2.24) is 20.2 Å². The van der Waals surface area contributed by atoms with E-state index in [2.05, 4.69) is 15.6 Å². The van der Waals surface area contributed by atoms with Crippen molar-refractivity contribution < 1.29 is 18.4 Å². The smallest absolute Gasteiger partial charge is 0.262 e. The van der Waals surface area contributed by atoms with Crippen molar-refractivity contribution in [2.75, 3.05) is 7.05 Å². The number of rotatable bonds is 7. The first-order valence-corrected chi connectivity index (χ1v) is 11.7. The maximum Gasteiger partial charge on any atom is 0.262 e. The molecule has 7 nitrogen and oxygen atoms in total. The van der Waals surface area contributed by atoms with Gasteiger partial charge in [-0.05, 0) is 30.2 Å². The highest BCUT2D eigenvalue weighted by Crippen LogP contribution is 2.30. The first-order chi connectivity index (χ1) is 16.8. The number of hydrogen-bond acceptors (Lipinski definition) is 5. The predicted octanol–water partition coefficient (Wildman–Crippen LogP) is 3.71. The Morgan fingerprint density at radius 1 is 1.11 bits per heavy atom. The van der Waals surface area contributed by atoms with Gasteiger partial charge in [-0.15, -0.1) is 11.3 Å². The van der Waals surface area contributed by atoms with Gasteiger partial charge in [0.25, 0.3) is 5.56 Å². The van der Waals surface area contributed by atoms with Gasteiger partial charge in [-0.3, -0.25) is 19.0 Å². The van der Waals surface area contributed by atoms with Crippen LogP contribution < -0.4 is 16.2 Å². The number of thiophene rings is 1. The van der Waals surface area contributed by atoms with E-state index < -0.39 is 29.5 Å². The number of hydrogen-bond donors (Lipinski definition) is 2. The minimum atomic E-state index is -1.22. The van der Waals surface area contributed by atoms with Crippen molar-refractivity contribution in [2.24, 2.45) is 0 Å². The van der Waals surface area contributed by atoms with Crippen LogP contribution in [0, 0.1) is 18.6 Å². The normalized spacial score (nSPS) is 11.9.